The van der Waals surface area contributed by atoms with Gasteiger partial charge in [-0.3, -0.25) is 14.5 Å². The smallest absolute Gasteiger partial charge is 0.277 e. The van der Waals surface area contributed by atoms with Gasteiger partial charge in [0.15, 0.2) is 0 Å². The van der Waals surface area contributed by atoms with Gasteiger partial charge in [-0.05, 0) is 37.5 Å². The topological polar surface area (TPSA) is 70.1 Å². The van der Waals surface area contributed by atoms with E-state index in [4.69, 9.17) is 4.74 Å². The predicted octanol–water partition coefficient (Wildman–Crippen LogP) is 2.13. The number of aliphatic hydroxyl groups excluding tert-OH is 1. The highest BCUT2D eigenvalue weighted by molar-refractivity contribution is 6.35. The van der Waals surface area contributed by atoms with Crippen molar-refractivity contribution >= 4 is 17.4 Å². The third-order valence-corrected chi connectivity index (χ3v) is 4.02. The summed E-state index contributed by atoms with van der Waals surface area (Å²) in [5.41, 5.74) is 1.38. The van der Waals surface area contributed by atoms with Gasteiger partial charge in [-0.25, -0.2) is 0 Å². The van der Waals surface area contributed by atoms with Crippen molar-refractivity contribution < 1.29 is 19.4 Å². The molecule has 1 N–H and O–H groups in total. The Bertz CT molecular complexity index is 692. The number of nitrogens with zero attached hydrogens (tertiary/aromatic N) is 2. The Labute approximate surface area is 155 Å². The molecular formula is C20H28N2O4. The Morgan fingerprint density at radius 1 is 1.08 bits per heavy atom. The Balaban J connectivity index is 2.44. The molecule has 0 aliphatic carbocycles. The quantitative estimate of drug-likeness (QED) is 0.719. The van der Waals surface area contributed by atoms with E-state index < -0.39 is 0 Å². The lowest BCUT2D eigenvalue weighted by atomic mass is 10.0. The molecule has 26 heavy (non-hydrogen) atoms. The van der Waals surface area contributed by atoms with Crippen LogP contribution in [-0.2, 0) is 9.59 Å². The molecule has 0 fully saturated rings. The van der Waals surface area contributed by atoms with Crippen LogP contribution in [0.15, 0.2) is 30.0 Å². The summed E-state index contributed by atoms with van der Waals surface area (Å²) in [6, 6.07) is 7.19. The van der Waals surface area contributed by atoms with E-state index in [2.05, 4.69) is 0 Å². The highest BCUT2D eigenvalue weighted by Gasteiger charge is 2.40. The molecule has 1 heterocycles. The molecule has 0 aromatic heterocycles. The number of hydrogen-bond acceptors (Lipinski definition) is 5. The van der Waals surface area contributed by atoms with Gasteiger partial charge in [-0.1, -0.05) is 26.0 Å². The van der Waals surface area contributed by atoms with Crippen molar-refractivity contribution in [3.05, 3.63) is 35.5 Å². The van der Waals surface area contributed by atoms with Gasteiger partial charge in [-0.15, -0.1) is 0 Å². The molecule has 1 aromatic rings. The van der Waals surface area contributed by atoms with Crippen LogP contribution in [0.4, 0.5) is 0 Å². The molecule has 0 atom stereocenters. The van der Waals surface area contributed by atoms with Crippen LogP contribution in [0.2, 0.25) is 0 Å². The van der Waals surface area contributed by atoms with E-state index in [-0.39, 0.29) is 37.0 Å². The number of imide groups is 1. The number of likely N-dealkylation sites (N-methyl/N-ethyl adjacent to an activating group) is 1. The number of hydrogen-bond donors (Lipinski definition) is 1. The van der Waals surface area contributed by atoms with Gasteiger partial charge in [0.2, 0.25) is 0 Å². The lowest BCUT2D eigenvalue weighted by molar-refractivity contribution is -0.138. The first-order chi connectivity index (χ1) is 12.3. The lowest BCUT2D eigenvalue weighted by Crippen LogP contribution is -2.37. The van der Waals surface area contributed by atoms with Crippen molar-refractivity contribution in [1.29, 1.82) is 0 Å². The Kier molecular flexibility index (Phi) is 6.42. The first-order valence-electron chi connectivity index (χ1n) is 8.95. The molecule has 0 bridgehead atoms. The van der Waals surface area contributed by atoms with Crippen LogP contribution in [-0.4, -0.2) is 59.6 Å². The van der Waals surface area contributed by atoms with Gasteiger partial charge in [-0.2, -0.15) is 0 Å². The predicted molar refractivity (Wildman–Crippen MR) is 100 cm³/mol. The summed E-state index contributed by atoms with van der Waals surface area (Å²) in [6.07, 6.45) is 0.0579. The molecule has 2 rings (SSSR count). The maximum atomic E-state index is 13.0. The van der Waals surface area contributed by atoms with Gasteiger partial charge in [0.1, 0.15) is 11.4 Å². The number of rotatable bonds is 8. The molecule has 6 heteroatoms. The van der Waals surface area contributed by atoms with Crippen LogP contribution in [0.1, 0.15) is 33.3 Å². The molecule has 142 valence electrons. The number of carbonyl (C=O) groups is 2. The first-order valence-corrected chi connectivity index (χ1v) is 8.95. The van der Waals surface area contributed by atoms with Crippen molar-refractivity contribution in [2.24, 2.45) is 5.92 Å². The van der Waals surface area contributed by atoms with Crippen molar-refractivity contribution in [1.82, 2.24) is 9.80 Å². The minimum Gasteiger partial charge on any atom is -0.491 e. The molecule has 2 amide bonds. The van der Waals surface area contributed by atoms with E-state index in [0.29, 0.717) is 29.1 Å². The van der Waals surface area contributed by atoms with Gasteiger partial charge >= 0.3 is 0 Å². The van der Waals surface area contributed by atoms with E-state index in [9.17, 15) is 14.7 Å². The highest BCUT2D eigenvalue weighted by atomic mass is 16.5. The first kappa shape index (κ1) is 20.0. The van der Waals surface area contributed by atoms with Crippen LogP contribution in [0.25, 0.3) is 5.57 Å². The van der Waals surface area contributed by atoms with Crippen molar-refractivity contribution in [2.75, 3.05) is 26.7 Å². The largest absolute Gasteiger partial charge is 0.491 e. The Hall–Kier alpha value is -2.34. The fourth-order valence-electron chi connectivity index (χ4n) is 2.94. The van der Waals surface area contributed by atoms with Crippen LogP contribution < -0.4 is 4.74 Å². The molecule has 0 radical (unpaired) electrons. The van der Waals surface area contributed by atoms with Crippen molar-refractivity contribution in [3.63, 3.8) is 0 Å². The zero-order valence-electron chi connectivity index (χ0n) is 16.2. The monoisotopic (exact) mass is 360 g/mol. The number of aliphatic hydroxyl groups is 1. The fourth-order valence-corrected chi connectivity index (χ4v) is 2.94. The molecule has 6 nitrogen and oxygen atoms in total. The molecule has 0 saturated heterocycles. The second kappa shape index (κ2) is 8.36. The van der Waals surface area contributed by atoms with Crippen molar-refractivity contribution in [3.8, 4) is 5.75 Å². The molecule has 1 aliphatic heterocycles. The minimum atomic E-state index is -0.308. The Morgan fingerprint density at radius 3 is 2.19 bits per heavy atom. The third-order valence-electron chi connectivity index (χ3n) is 4.02. The standard InChI is InChI=1S/C20H28N2O4/c1-13(2)12-22-19(24)17(18(20(22)25)21(5)10-11-23)15-6-8-16(9-7-15)26-14(3)4/h6-9,13-14,23H,10-12H2,1-5H3. The van der Waals surface area contributed by atoms with Gasteiger partial charge in [0.05, 0.1) is 18.3 Å². The minimum absolute atomic E-state index is 0.0579. The third kappa shape index (κ3) is 4.25. The fraction of sp³-hybridized carbons (Fsp3) is 0.500. The second-order valence-corrected chi connectivity index (χ2v) is 7.17. The number of ether oxygens (including phenoxy) is 1. The number of amides is 2. The summed E-state index contributed by atoms with van der Waals surface area (Å²) in [5, 5.41) is 9.25. The van der Waals surface area contributed by atoms with Gasteiger partial charge < -0.3 is 14.7 Å². The Morgan fingerprint density at radius 2 is 1.69 bits per heavy atom. The summed E-state index contributed by atoms with van der Waals surface area (Å²) in [4.78, 5) is 28.8. The average Bonchev–Trinajstić information content (AvgIpc) is 2.79. The molecule has 1 aliphatic rings. The summed E-state index contributed by atoms with van der Waals surface area (Å²) in [5.74, 6) is 0.289. The highest BCUT2D eigenvalue weighted by Crippen LogP contribution is 2.32. The van der Waals surface area contributed by atoms with Crippen LogP contribution in [0, 0.1) is 5.92 Å². The van der Waals surface area contributed by atoms with E-state index in [1.165, 1.54) is 4.90 Å². The van der Waals surface area contributed by atoms with E-state index in [1.807, 2.05) is 27.7 Å². The zero-order chi connectivity index (χ0) is 19.4. The maximum absolute atomic E-state index is 13.0. The lowest BCUT2D eigenvalue weighted by Gasteiger charge is -2.21. The molecular weight excluding hydrogens is 332 g/mol. The summed E-state index contributed by atoms with van der Waals surface area (Å²) in [7, 11) is 1.71. The normalized spacial score (nSPS) is 14.8. The molecule has 0 spiro atoms. The summed E-state index contributed by atoms with van der Waals surface area (Å²) < 4.78 is 5.64. The number of benzene rings is 1. The molecule has 1 aromatic carbocycles. The van der Waals surface area contributed by atoms with Crippen LogP contribution in [0.3, 0.4) is 0 Å². The van der Waals surface area contributed by atoms with Gasteiger partial charge in [0.25, 0.3) is 11.8 Å². The SMILES string of the molecule is CC(C)CN1C(=O)C(c2ccc(OC(C)C)cc2)=C(N(C)CCO)C1=O. The average molecular weight is 360 g/mol. The zero-order valence-corrected chi connectivity index (χ0v) is 16.2. The summed E-state index contributed by atoms with van der Waals surface area (Å²) >= 11 is 0. The van der Waals surface area contributed by atoms with Crippen LogP contribution in [0.5, 0.6) is 5.75 Å². The maximum Gasteiger partial charge on any atom is 0.277 e. The van der Waals surface area contributed by atoms with E-state index in [0.717, 1.165) is 0 Å². The molecule has 0 saturated carbocycles. The summed E-state index contributed by atoms with van der Waals surface area (Å²) in [6.45, 7) is 8.37. The van der Waals surface area contributed by atoms with Crippen molar-refractivity contribution in [2.45, 2.75) is 33.8 Å². The van der Waals surface area contributed by atoms with E-state index in [1.54, 1.807) is 36.2 Å². The molecule has 0 unspecified atom stereocenters. The number of carbonyl (C=O) groups excluding carboxylic acids is 2. The van der Waals surface area contributed by atoms with Crippen LogP contribution >= 0.6 is 0 Å². The second-order valence-electron chi connectivity index (χ2n) is 7.17. The van der Waals surface area contributed by atoms with Gasteiger partial charge in [0, 0.05) is 20.1 Å². The van der Waals surface area contributed by atoms with E-state index >= 15 is 0 Å².